The Balaban J connectivity index is 2.05. The summed E-state index contributed by atoms with van der Waals surface area (Å²) in [6, 6.07) is 14.0. The molecule has 0 saturated carbocycles. The van der Waals surface area contributed by atoms with Crippen molar-refractivity contribution < 1.29 is 4.79 Å². The fraction of sp³-hybridized carbons (Fsp3) is 0.0588. The number of aromatic nitrogens is 1. The molecule has 2 aromatic carbocycles. The molecule has 0 spiro atoms. The van der Waals surface area contributed by atoms with Crippen molar-refractivity contribution in [1.82, 2.24) is 4.57 Å². The number of benzene rings is 2. The molecular formula is C17H15N3O2. The summed E-state index contributed by atoms with van der Waals surface area (Å²) in [5.74, 6) is -0.398. The van der Waals surface area contributed by atoms with E-state index in [1.54, 1.807) is 47.2 Å². The van der Waals surface area contributed by atoms with Gasteiger partial charge in [0.25, 0.3) is 5.91 Å². The molecule has 5 heteroatoms. The second kappa shape index (κ2) is 5.37. The number of carbonyl (C=O) groups excluding carboxylic acids is 1. The number of aryl methyl sites for hydroxylation is 1. The Kier molecular flexibility index (Phi) is 3.39. The number of carbonyl (C=O) groups is 1. The molecular weight excluding hydrogens is 278 g/mol. The highest BCUT2D eigenvalue weighted by Crippen LogP contribution is 2.15. The summed E-state index contributed by atoms with van der Waals surface area (Å²) < 4.78 is 1.81. The molecule has 3 aromatic rings. The minimum Gasteiger partial charge on any atom is -0.398 e. The van der Waals surface area contributed by atoms with Gasteiger partial charge in [0.15, 0.2) is 0 Å². The van der Waals surface area contributed by atoms with Gasteiger partial charge >= 0.3 is 0 Å². The average Bonchev–Trinajstić information content (AvgIpc) is 2.52. The largest absolute Gasteiger partial charge is 0.398 e. The van der Waals surface area contributed by atoms with Crippen molar-refractivity contribution in [3.8, 4) is 0 Å². The zero-order valence-corrected chi connectivity index (χ0v) is 12.0. The highest BCUT2D eigenvalue weighted by Gasteiger charge is 2.13. The van der Waals surface area contributed by atoms with Crippen molar-refractivity contribution in [1.29, 1.82) is 0 Å². The van der Waals surface area contributed by atoms with Crippen LogP contribution in [0.4, 0.5) is 11.4 Å². The van der Waals surface area contributed by atoms with Gasteiger partial charge in [-0.3, -0.25) is 9.59 Å². The van der Waals surface area contributed by atoms with E-state index in [0.29, 0.717) is 16.6 Å². The Morgan fingerprint density at radius 2 is 1.77 bits per heavy atom. The molecule has 1 aromatic heterocycles. The van der Waals surface area contributed by atoms with Gasteiger partial charge in [0, 0.05) is 24.3 Å². The first-order valence-corrected chi connectivity index (χ1v) is 6.82. The van der Waals surface area contributed by atoms with Gasteiger partial charge < -0.3 is 15.6 Å². The zero-order valence-electron chi connectivity index (χ0n) is 12.0. The van der Waals surface area contributed by atoms with Gasteiger partial charge in [0.2, 0.25) is 5.43 Å². The molecule has 0 fully saturated rings. The first-order valence-electron chi connectivity index (χ1n) is 6.82. The number of nitrogens with one attached hydrogen (secondary N) is 1. The van der Waals surface area contributed by atoms with E-state index in [4.69, 9.17) is 5.73 Å². The van der Waals surface area contributed by atoms with Gasteiger partial charge in [-0.2, -0.15) is 0 Å². The molecule has 0 aliphatic carbocycles. The standard InChI is InChI=1S/C17H15N3O2/c1-20-10-14(16(21)12-7-3-5-9-15(12)20)19-17(22)11-6-2-4-8-13(11)18/h2-10H,18H2,1H3,(H,19,22). The highest BCUT2D eigenvalue weighted by atomic mass is 16.2. The van der Waals surface area contributed by atoms with Crippen LogP contribution < -0.4 is 16.5 Å². The first-order chi connectivity index (χ1) is 10.6. The van der Waals surface area contributed by atoms with Crippen LogP contribution >= 0.6 is 0 Å². The van der Waals surface area contributed by atoms with Gasteiger partial charge in [-0.15, -0.1) is 0 Å². The Labute approximate surface area is 127 Å². The van der Waals surface area contributed by atoms with Crippen molar-refractivity contribution in [3.63, 3.8) is 0 Å². The number of fused-ring (bicyclic) bond motifs is 1. The Bertz CT molecular complexity index is 929. The number of anilines is 2. The van der Waals surface area contributed by atoms with Crippen LogP contribution in [0.2, 0.25) is 0 Å². The van der Waals surface area contributed by atoms with E-state index in [2.05, 4.69) is 5.32 Å². The Morgan fingerprint density at radius 1 is 1.09 bits per heavy atom. The topological polar surface area (TPSA) is 77.1 Å². The third-order valence-electron chi connectivity index (χ3n) is 3.55. The fourth-order valence-corrected chi connectivity index (χ4v) is 2.42. The number of hydrogen-bond donors (Lipinski definition) is 2. The number of nitrogen functional groups attached to an aromatic ring is 1. The number of rotatable bonds is 2. The lowest BCUT2D eigenvalue weighted by molar-refractivity contribution is 0.102. The van der Waals surface area contributed by atoms with Crippen LogP contribution in [0.15, 0.2) is 59.5 Å². The van der Waals surface area contributed by atoms with Crippen molar-refractivity contribution >= 4 is 28.2 Å². The first kappa shape index (κ1) is 13.9. The summed E-state index contributed by atoms with van der Waals surface area (Å²) in [5, 5.41) is 3.21. The molecule has 0 unspecified atom stereocenters. The molecule has 1 heterocycles. The van der Waals surface area contributed by atoms with E-state index >= 15 is 0 Å². The predicted molar refractivity (Wildman–Crippen MR) is 88.0 cm³/mol. The number of hydrogen-bond acceptors (Lipinski definition) is 3. The average molecular weight is 293 g/mol. The molecule has 0 aliphatic heterocycles. The highest BCUT2D eigenvalue weighted by molar-refractivity contribution is 6.08. The van der Waals surface area contributed by atoms with E-state index < -0.39 is 5.91 Å². The predicted octanol–water partition coefficient (Wildman–Crippen LogP) is 2.37. The molecule has 3 rings (SSSR count). The van der Waals surface area contributed by atoms with Gasteiger partial charge in [-0.1, -0.05) is 24.3 Å². The van der Waals surface area contributed by atoms with Crippen molar-refractivity contribution in [3.05, 3.63) is 70.5 Å². The number of amides is 1. The SMILES string of the molecule is Cn1cc(NC(=O)c2ccccc2N)c(=O)c2ccccc21. The molecule has 0 saturated heterocycles. The quantitative estimate of drug-likeness (QED) is 0.712. The van der Waals surface area contributed by atoms with Crippen LogP contribution in [-0.4, -0.2) is 10.5 Å². The lowest BCUT2D eigenvalue weighted by Crippen LogP contribution is -2.21. The smallest absolute Gasteiger partial charge is 0.257 e. The van der Waals surface area contributed by atoms with Crippen LogP contribution in [0, 0.1) is 0 Å². The summed E-state index contributed by atoms with van der Waals surface area (Å²) in [6.07, 6.45) is 1.61. The molecule has 0 radical (unpaired) electrons. The minimum absolute atomic E-state index is 0.212. The molecule has 1 amide bonds. The molecule has 3 N–H and O–H groups in total. The van der Waals surface area contributed by atoms with E-state index in [1.165, 1.54) is 0 Å². The van der Waals surface area contributed by atoms with Crippen LogP contribution in [0.1, 0.15) is 10.4 Å². The maximum atomic E-state index is 12.5. The van der Waals surface area contributed by atoms with E-state index in [-0.39, 0.29) is 11.1 Å². The van der Waals surface area contributed by atoms with Crippen molar-refractivity contribution in [2.24, 2.45) is 7.05 Å². The third kappa shape index (κ3) is 2.33. The summed E-state index contributed by atoms with van der Waals surface area (Å²) in [5.41, 5.74) is 7.34. The number of nitrogens with two attached hydrogens (primary N) is 1. The van der Waals surface area contributed by atoms with Gasteiger partial charge in [0.1, 0.15) is 5.69 Å². The fourth-order valence-electron chi connectivity index (χ4n) is 2.42. The minimum atomic E-state index is -0.398. The van der Waals surface area contributed by atoms with E-state index in [9.17, 15) is 9.59 Å². The van der Waals surface area contributed by atoms with Crippen LogP contribution in [0.3, 0.4) is 0 Å². The Morgan fingerprint density at radius 3 is 2.55 bits per heavy atom. The molecule has 0 aliphatic rings. The third-order valence-corrected chi connectivity index (χ3v) is 3.55. The lowest BCUT2D eigenvalue weighted by atomic mass is 10.1. The summed E-state index contributed by atoms with van der Waals surface area (Å²) in [6.45, 7) is 0. The van der Waals surface area contributed by atoms with E-state index in [1.807, 2.05) is 19.2 Å². The number of pyridine rings is 1. The maximum absolute atomic E-state index is 12.5. The molecule has 22 heavy (non-hydrogen) atoms. The normalized spacial score (nSPS) is 10.6. The van der Waals surface area contributed by atoms with Gasteiger partial charge in [-0.25, -0.2) is 0 Å². The summed E-state index contributed by atoms with van der Waals surface area (Å²) >= 11 is 0. The monoisotopic (exact) mass is 293 g/mol. The summed E-state index contributed by atoms with van der Waals surface area (Å²) in [7, 11) is 1.83. The van der Waals surface area contributed by atoms with Crippen molar-refractivity contribution in [2.45, 2.75) is 0 Å². The maximum Gasteiger partial charge on any atom is 0.257 e. The molecule has 0 bridgehead atoms. The molecule has 5 nitrogen and oxygen atoms in total. The second-order valence-corrected chi connectivity index (χ2v) is 5.04. The second-order valence-electron chi connectivity index (χ2n) is 5.04. The van der Waals surface area contributed by atoms with Gasteiger partial charge in [0.05, 0.1) is 11.1 Å². The van der Waals surface area contributed by atoms with Crippen molar-refractivity contribution in [2.75, 3.05) is 11.1 Å². The summed E-state index contributed by atoms with van der Waals surface area (Å²) in [4.78, 5) is 24.8. The number of para-hydroxylation sites is 2. The van der Waals surface area contributed by atoms with Crippen LogP contribution in [0.5, 0.6) is 0 Å². The van der Waals surface area contributed by atoms with Crippen LogP contribution in [-0.2, 0) is 7.05 Å². The van der Waals surface area contributed by atoms with E-state index in [0.717, 1.165) is 5.52 Å². The van der Waals surface area contributed by atoms with Crippen LogP contribution in [0.25, 0.3) is 10.9 Å². The van der Waals surface area contributed by atoms with Gasteiger partial charge in [-0.05, 0) is 24.3 Å². The zero-order chi connectivity index (χ0) is 15.7. The number of nitrogens with zero attached hydrogens (tertiary/aromatic N) is 1. The molecule has 0 atom stereocenters. The Hall–Kier alpha value is -3.08. The molecule has 110 valence electrons. The lowest BCUT2D eigenvalue weighted by Gasteiger charge is -2.11.